The predicted molar refractivity (Wildman–Crippen MR) is 47.2 cm³/mol. The Hall–Kier alpha value is 1.21. The molecule has 0 aliphatic carbocycles. The van der Waals surface area contributed by atoms with Gasteiger partial charge < -0.3 is 11.2 Å². The molecule has 3 heteroatoms. The van der Waals surface area contributed by atoms with E-state index in [2.05, 4.69) is 12.2 Å². The van der Waals surface area contributed by atoms with Crippen molar-refractivity contribution in [2.75, 3.05) is 13.1 Å². The fourth-order valence-electron chi connectivity index (χ4n) is 1.06. The van der Waals surface area contributed by atoms with E-state index in [0.29, 0.717) is 0 Å². The summed E-state index contributed by atoms with van der Waals surface area (Å²) in [6.45, 7) is 8.41. The molecule has 80 valence electrons. The molecule has 1 fully saturated rings. The van der Waals surface area contributed by atoms with Gasteiger partial charge in [0.25, 0.3) is 0 Å². The molecule has 2 radical (unpaired) electrons. The van der Waals surface area contributed by atoms with Gasteiger partial charge in [-0.25, -0.2) is 0 Å². The van der Waals surface area contributed by atoms with Crippen molar-refractivity contribution in [3.05, 3.63) is 11.2 Å². The molecule has 1 aliphatic heterocycles. The molecule has 0 aromatic carbocycles. The van der Waals surface area contributed by atoms with E-state index in [-0.39, 0.29) is 39.0 Å². The fraction of sp³-hybridized carbons (Fsp3) is 0.889. The van der Waals surface area contributed by atoms with Crippen LogP contribution in [0.4, 0.5) is 0 Å². The first-order valence-electron chi connectivity index (χ1n) is 4.40. The maximum atomic E-state index is 4.25. The smallest absolute Gasteiger partial charge is 0 e. The quantitative estimate of drug-likeness (QED) is 0.511. The maximum Gasteiger partial charge on any atom is 0 e. The van der Waals surface area contributed by atoms with Crippen LogP contribution in [0.1, 0.15) is 40.0 Å². The topological polar surface area (TPSA) is 14.1 Å². The molecule has 0 unspecified atom stereocenters. The average Bonchev–Trinajstić information content (AvgIpc) is 2.10. The van der Waals surface area contributed by atoms with E-state index in [1.165, 1.54) is 19.3 Å². The molecule has 0 atom stereocenters. The molecule has 0 spiro atoms. The first-order chi connectivity index (χ1) is 4.93. The van der Waals surface area contributed by atoms with Gasteiger partial charge in [-0.2, -0.15) is 32.4 Å². The van der Waals surface area contributed by atoms with Crippen molar-refractivity contribution in [2.24, 2.45) is 0 Å². The van der Waals surface area contributed by atoms with Crippen molar-refractivity contribution >= 4 is 0 Å². The summed E-state index contributed by atoms with van der Waals surface area (Å²) in [5.41, 5.74) is 0. The van der Waals surface area contributed by atoms with Crippen LogP contribution in [-0.2, 0) is 39.0 Å². The van der Waals surface area contributed by atoms with Crippen LogP contribution in [0.2, 0.25) is 0 Å². The van der Waals surface area contributed by atoms with Crippen LogP contribution >= 0.6 is 0 Å². The molecule has 0 amide bonds. The zero-order valence-corrected chi connectivity index (χ0v) is 11.4. The van der Waals surface area contributed by atoms with Gasteiger partial charge in [-0.1, -0.05) is 20.8 Å². The van der Waals surface area contributed by atoms with E-state index in [4.69, 9.17) is 0 Å². The van der Waals surface area contributed by atoms with E-state index >= 15 is 0 Å². The summed E-state index contributed by atoms with van der Waals surface area (Å²) in [7, 11) is 0. The molecule has 1 heterocycles. The summed E-state index contributed by atoms with van der Waals surface area (Å²) in [6.07, 6.45) is 3.79. The molecule has 1 aliphatic rings. The Morgan fingerprint density at radius 2 is 1.50 bits per heavy atom. The molecule has 0 N–H and O–H groups in total. The summed E-state index contributed by atoms with van der Waals surface area (Å²) in [6, 6.07) is 0. The van der Waals surface area contributed by atoms with E-state index < -0.39 is 0 Å². The zero-order valence-electron chi connectivity index (χ0n) is 8.15. The molecule has 0 aromatic rings. The summed E-state index contributed by atoms with van der Waals surface area (Å²) in [5, 5.41) is 4.25. The van der Waals surface area contributed by atoms with Crippen LogP contribution in [0.5, 0.6) is 0 Å². The Labute approximate surface area is 103 Å². The van der Waals surface area contributed by atoms with Gasteiger partial charge in [-0.05, 0) is 0 Å². The standard InChI is InChI=1S/C7H13N.C2H6.2Rh/c1-2-7-3-5-8-6-4-7;1-2;;/h2-6H2,1H3;1-2H3;;/q-2;;;. The van der Waals surface area contributed by atoms with Crippen LogP contribution in [0.3, 0.4) is 0 Å². The van der Waals surface area contributed by atoms with Crippen molar-refractivity contribution < 1.29 is 39.0 Å². The van der Waals surface area contributed by atoms with Gasteiger partial charge in [-0.15, -0.1) is 0 Å². The van der Waals surface area contributed by atoms with Gasteiger partial charge >= 0.3 is 0 Å². The Kier molecular flexibility index (Phi) is 23.2. The average molecular weight is 347 g/mol. The number of nitrogens with zero attached hydrogens (tertiary/aromatic N) is 1. The van der Waals surface area contributed by atoms with Gasteiger partial charge in [0.15, 0.2) is 0 Å². The second-order valence-corrected chi connectivity index (χ2v) is 2.27. The van der Waals surface area contributed by atoms with Gasteiger partial charge in [0, 0.05) is 39.0 Å². The monoisotopic (exact) mass is 347 g/mol. The predicted octanol–water partition coefficient (Wildman–Crippen LogP) is 3.16. The van der Waals surface area contributed by atoms with E-state index in [1.54, 1.807) is 5.92 Å². The molecular weight excluding hydrogens is 328 g/mol. The summed E-state index contributed by atoms with van der Waals surface area (Å²) in [5.74, 6) is 1.71. The summed E-state index contributed by atoms with van der Waals surface area (Å²) in [4.78, 5) is 0. The van der Waals surface area contributed by atoms with Crippen molar-refractivity contribution in [3.8, 4) is 0 Å². The van der Waals surface area contributed by atoms with Crippen molar-refractivity contribution in [1.82, 2.24) is 0 Å². The van der Waals surface area contributed by atoms with E-state index in [9.17, 15) is 0 Å². The third-order valence-electron chi connectivity index (χ3n) is 1.75. The molecule has 0 aromatic heterocycles. The third kappa shape index (κ3) is 9.30. The molecule has 1 nitrogen and oxygen atoms in total. The van der Waals surface area contributed by atoms with Crippen LogP contribution in [-0.4, -0.2) is 13.1 Å². The maximum absolute atomic E-state index is 4.25. The minimum absolute atomic E-state index is 0. The van der Waals surface area contributed by atoms with Crippen molar-refractivity contribution in [2.45, 2.75) is 40.0 Å². The molecule has 12 heavy (non-hydrogen) atoms. The Morgan fingerprint density at radius 1 is 1.08 bits per heavy atom. The number of rotatable bonds is 1. The van der Waals surface area contributed by atoms with Crippen molar-refractivity contribution in [3.63, 3.8) is 0 Å². The van der Waals surface area contributed by atoms with Gasteiger partial charge in [0.1, 0.15) is 0 Å². The second-order valence-electron chi connectivity index (χ2n) is 2.27. The fourth-order valence-corrected chi connectivity index (χ4v) is 1.06. The minimum atomic E-state index is 0. The Balaban J connectivity index is -0.000000189. The molecule has 0 saturated carbocycles. The zero-order chi connectivity index (χ0) is 7.82. The number of hydrogen-bond acceptors (Lipinski definition) is 0. The molecular formula is C9H19NRh2-2. The number of piperidine rings is 1. The molecule has 0 bridgehead atoms. The van der Waals surface area contributed by atoms with Gasteiger partial charge in [0.05, 0.1) is 0 Å². The van der Waals surface area contributed by atoms with Crippen molar-refractivity contribution in [1.29, 1.82) is 0 Å². The van der Waals surface area contributed by atoms with Gasteiger partial charge in [0.2, 0.25) is 0 Å². The Morgan fingerprint density at radius 3 is 1.75 bits per heavy atom. The van der Waals surface area contributed by atoms with Crippen LogP contribution in [0.25, 0.3) is 5.32 Å². The van der Waals surface area contributed by atoms with E-state index in [1.807, 2.05) is 13.8 Å². The Bertz CT molecular complexity index is 63.5. The normalized spacial score (nSPS) is 16.2. The summed E-state index contributed by atoms with van der Waals surface area (Å²) < 4.78 is 0. The SMILES string of the molecule is CC.CC[C-]1CC[N-]CC1.[Rh].[Rh]. The van der Waals surface area contributed by atoms with Gasteiger partial charge in [-0.3, -0.25) is 0 Å². The van der Waals surface area contributed by atoms with Crippen LogP contribution in [0, 0.1) is 5.92 Å². The molecule has 1 rings (SSSR count). The first-order valence-corrected chi connectivity index (χ1v) is 4.40. The third-order valence-corrected chi connectivity index (χ3v) is 1.75. The number of hydrogen-bond donors (Lipinski definition) is 0. The van der Waals surface area contributed by atoms with Crippen LogP contribution < -0.4 is 0 Å². The van der Waals surface area contributed by atoms with E-state index in [0.717, 1.165) is 13.1 Å². The minimum Gasteiger partial charge on any atom is -0.666 e. The largest absolute Gasteiger partial charge is 0.666 e. The molecule has 1 saturated heterocycles. The second kappa shape index (κ2) is 14.7. The first kappa shape index (κ1) is 18.9. The van der Waals surface area contributed by atoms with Crippen LogP contribution in [0.15, 0.2) is 0 Å². The summed E-state index contributed by atoms with van der Waals surface area (Å²) >= 11 is 0.